The Morgan fingerprint density at radius 2 is 1.18 bits per heavy atom. The van der Waals surface area contributed by atoms with Gasteiger partial charge in [0.15, 0.2) is 0 Å². The smallest absolute Gasteiger partial charge is 0.263 e. The van der Waals surface area contributed by atoms with Crippen molar-refractivity contribution in [1.29, 1.82) is 0 Å². The molecule has 4 aromatic rings. The van der Waals surface area contributed by atoms with Crippen LogP contribution in [0.4, 0.5) is 5.69 Å². The maximum Gasteiger partial charge on any atom is 0.263 e. The summed E-state index contributed by atoms with van der Waals surface area (Å²) in [4.78, 5) is 15.6. The SMILES string of the molecule is COc1ccc(N2C(=O)C(c3ccccc3)=CC2=C(c2ccccc2)c2ccccc2)cc1. The minimum atomic E-state index is -0.0503. The minimum Gasteiger partial charge on any atom is -0.497 e. The number of benzene rings is 4. The highest BCUT2D eigenvalue weighted by atomic mass is 16.5. The summed E-state index contributed by atoms with van der Waals surface area (Å²) in [7, 11) is 1.64. The van der Waals surface area contributed by atoms with E-state index < -0.39 is 0 Å². The van der Waals surface area contributed by atoms with Crippen molar-refractivity contribution in [2.75, 3.05) is 12.0 Å². The summed E-state index contributed by atoms with van der Waals surface area (Å²) >= 11 is 0. The van der Waals surface area contributed by atoms with Crippen LogP contribution in [0.1, 0.15) is 16.7 Å². The topological polar surface area (TPSA) is 29.5 Å². The molecule has 3 heteroatoms. The molecule has 0 radical (unpaired) electrons. The van der Waals surface area contributed by atoms with E-state index in [4.69, 9.17) is 4.74 Å². The van der Waals surface area contributed by atoms with Crippen molar-refractivity contribution in [3.05, 3.63) is 144 Å². The van der Waals surface area contributed by atoms with Gasteiger partial charge in [-0.2, -0.15) is 0 Å². The summed E-state index contributed by atoms with van der Waals surface area (Å²) < 4.78 is 5.33. The first-order valence-electron chi connectivity index (χ1n) is 10.9. The van der Waals surface area contributed by atoms with E-state index in [2.05, 4.69) is 24.3 Å². The maximum atomic E-state index is 13.8. The number of amides is 1. The molecule has 160 valence electrons. The number of anilines is 1. The summed E-state index contributed by atoms with van der Waals surface area (Å²) in [6.07, 6.45) is 2.01. The molecule has 0 saturated heterocycles. The molecule has 0 spiro atoms. The van der Waals surface area contributed by atoms with Gasteiger partial charge in [-0.25, -0.2) is 0 Å². The molecular weight excluding hydrogens is 406 g/mol. The zero-order valence-corrected chi connectivity index (χ0v) is 18.3. The molecule has 1 amide bonds. The van der Waals surface area contributed by atoms with Crippen molar-refractivity contribution in [3.63, 3.8) is 0 Å². The van der Waals surface area contributed by atoms with Gasteiger partial charge in [-0.1, -0.05) is 91.0 Å². The van der Waals surface area contributed by atoms with Gasteiger partial charge in [0, 0.05) is 16.8 Å². The van der Waals surface area contributed by atoms with Gasteiger partial charge in [0.25, 0.3) is 5.91 Å². The number of carbonyl (C=O) groups is 1. The van der Waals surface area contributed by atoms with Gasteiger partial charge in [0.1, 0.15) is 5.75 Å². The number of carbonyl (C=O) groups excluding carboxylic acids is 1. The Hall–Kier alpha value is -4.37. The highest BCUT2D eigenvalue weighted by Gasteiger charge is 2.33. The van der Waals surface area contributed by atoms with E-state index in [0.29, 0.717) is 5.57 Å². The lowest BCUT2D eigenvalue weighted by atomic mass is 9.95. The van der Waals surface area contributed by atoms with Gasteiger partial charge in [-0.3, -0.25) is 9.69 Å². The summed E-state index contributed by atoms with van der Waals surface area (Å²) in [5.41, 5.74) is 6.32. The zero-order chi connectivity index (χ0) is 22.6. The molecular formula is C30H23NO2. The fourth-order valence-electron chi connectivity index (χ4n) is 4.16. The van der Waals surface area contributed by atoms with Crippen LogP contribution in [0.2, 0.25) is 0 Å². The lowest BCUT2D eigenvalue weighted by molar-refractivity contribution is -0.112. The van der Waals surface area contributed by atoms with Gasteiger partial charge in [0.2, 0.25) is 0 Å². The van der Waals surface area contributed by atoms with Gasteiger partial charge in [-0.15, -0.1) is 0 Å². The van der Waals surface area contributed by atoms with Crippen molar-refractivity contribution in [2.45, 2.75) is 0 Å². The largest absolute Gasteiger partial charge is 0.497 e. The van der Waals surface area contributed by atoms with Crippen LogP contribution < -0.4 is 9.64 Å². The number of allylic oxidation sites excluding steroid dienone is 1. The van der Waals surface area contributed by atoms with E-state index in [1.54, 1.807) is 12.0 Å². The van der Waals surface area contributed by atoms with E-state index >= 15 is 0 Å². The van der Waals surface area contributed by atoms with Crippen molar-refractivity contribution < 1.29 is 9.53 Å². The summed E-state index contributed by atoms with van der Waals surface area (Å²) in [6, 6.07) is 37.9. The van der Waals surface area contributed by atoms with Crippen molar-refractivity contribution in [2.24, 2.45) is 0 Å². The maximum absolute atomic E-state index is 13.8. The lowest BCUT2D eigenvalue weighted by Crippen LogP contribution is -2.26. The standard InChI is InChI=1S/C30H23NO2/c1-33-26-19-17-25(18-20-26)31-28(21-27(30(31)32)22-11-5-2-6-12-22)29(23-13-7-3-8-14-23)24-15-9-4-10-16-24/h2-21H,1H3. The van der Waals surface area contributed by atoms with Crippen LogP contribution >= 0.6 is 0 Å². The zero-order valence-electron chi connectivity index (χ0n) is 18.3. The molecule has 0 aliphatic carbocycles. The molecule has 0 unspecified atom stereocenters. The molecule has 5 rings (SSSR count). The quantitative estimate of drug-likeness (QED) is 0.358. The van der Waals surface area contributed by atoms with Crippen LogP contribution in [0.15, 0.2) is 127 Å². The van der Waals surface area contributed by atoms with E-state index in [9.17, 15) is 4.79 Å². The highest BCUT2D eigenvalue weighted by Crippen LogP contribution is 2.40. The van der Waals surface area contributed by atoms with E-state index in [1.807, 2.05) is 97.1 Å². The molecule has 1 aliphatic rings. The second-order valence-corrected chi connectivity index (χ2v) is 7.75. The third-order valence-corrected chi connectivity index (χ3v) is 5.75. The number of hydrogen-bond donors (Lipinski definition) is 0. The molecule has 0 atom stereocenters. The van der Waals surface area contributed by atoms with Crippen LogP contribution in [0.5, 0.6) is 5.75 Å². The van der Waals surface area contributed by atoms with E-state index in [-0.39, 0.29) is 5.91 Å². The van der Waals surface area contributed by atoms with E-state index in [1.165, 1.54) is 0 Å². The van der Waals surface area contributed by atoms with Crippen LogP contribution in [0.3, 0.4) is 0 Å². The molecule has 1 heterocycles. The fraction of sp³-hybridized carbons (Fsp3) is 0.0333. The van der Waals surface area contributed by atoms with Crippen molar-refractivity contribution >= 4 is 22.7 Å². The third-order valence-electron chi connectivity index (χ3n) is 5.75. The molecule has 0 fully saturated rings. The number of hydrogen-bond acceptors (Lipinski definition) is 2. The van der Waals surface area contributed by atoms with Gasteiger partial charge < -0.3 is 4.74 Å². The van der Waals surface area contributed by atoms with E-state index in [0.717, 1.165) is 39.4 Å². The predicted molar refractivity (Wildman–Crippen MR) is 134 cm³/mol. The van der Waals surface area contributed by atoms with Crippen molar-refractivity contribution in [1.82, 2.24) is 0 Å². The normalized spacial score (nSPS) is 13.1. The van der Waals surface area contributed by atoms with Crippen LogP contribution in [0.25, 0.3) is 11.1 Å². The van der Waals surface area contributed by atoms with Gasteiger partial charge in [-0.05, 0) is 47.0 Å². The Kier molecular flexibility index (Phi) is 5.61. The first kappa shape index (κ1) is 20.5. The average Bonchev–Trinajstić information content (AvgIpc) is 3.22. The Labute approximate surface area is 193 Å². The Morgan fingerprint density at radius 3 is 1.70 bits per heavy atom. The molecule has 0 saturated carbocycles. The van der Waals surface area contributed by atoms with Gasteiger partial charge >= 0.3 is 0 Å². The molecule has 0 bridgehead atoms. The Bertz CT molecular complexity index is 1280. The molecule has 3 nitrogen and oxygen atoms in total. The molecule has 33 heavy (non-hydrogen) atoms. The van der Waals surface area contributed by atoms with Gasteiger partial charge in [0.05, 0.1) is 12.8 Å². The van der Waals surface area contributed by atoms with Crippen LogP contribution in [-0.4, -0.2) is 13.0 Å². The lowest BCUT2D eigenvalue weighted by Gasteiger charge is -2.23. The summed E-state index contributed by atoms with van der Waals surface area (Å²) in [5, 5.41) is 0. The third kappa shape index (κ3) is 3.97. The fourth-order valence-corrected chi connectivity index (χ4v) is 4.16. The van der Waals surface area contributed by atoms with Crippen LogP contribution in [-0.2, 0) is 4.79 Å². The Balaban J connectivity index is 1.78. The molecule has 0 aromatic heterocycles. The summed E-state index contributed by atoms with van der Waals surface area (Å²) in [6.45, 7) is 0. The second kappa shape index (κ2) is 9.01. The summed E-state index contributed by atoms with van der Waals surface area (Å²) in [5.74, 6) is 0.698. The number of methoxy groups -OCH3 is 1. The highest BCUT2D eigenvalue weighted by molar-refractivity contribution is 6.32. The molecule has 1 aliphatic heterocycles. The number of rotatable bonds is 5. The number of ether oxygens (including phenoxy) is 1. The first-order valence-corrected chi connectivity index (χ1v) is 10.9. The second-order valence-electron chi connectivity index (χ2n) is 7.75. The molecule has 4 aromatic carbocycles. The molecule has 0 N–H and O–H groups in total. The predicted octanol–water partition coefficient (Wildman–Crippen LogP) is 6.59. The monoisotopic (exact) mass is 429 g/mol. The first-order chi connectivity index (χ1) is 16.3. The van der Waals surface area contributed by atoms with Crippen molar-refractivity contribution in [3.8, 4) is 5.75 Å². The Morgan fingerprint density at radius 1 is 0.667 bits per heavy atom. The minimum absolute atomic E-state index is 0.0503. The average molecular weight is 430 g/mol. The number of nitrogens with zero attached hydrogens (tertiary/aromatic N) is 1. The van der Waals surface area contributed by atoms with Crippen LogP contribution in [0, 0.1) is 0 Å².